The summed E-state index contributed by atoms with van der Waals surface area (Å²) in [7, 11) is -3.23. The molecule has 0 aliphatic carbocycles. The van der Waals surface area contributed by atoms with Crippen LogP contribution in [0.2, 0.25) is 0 Å². The molecular formula is C12H25BrN2O2S. The Balaban J connectivity index is 2.22. The van der Waals surface area contributed by atoms with Gasteiger partial charge in [-0.1, -0.05) is 35.7 Å². The molecule has 1 aliphatic heterocycles. The van der Waals surface area contributed by atoms with Crippen molar-refractivity contribution in [3.63, 3.8) is 0 Å². The van der Waals surface area contributed by atoms with Crippen LogP contribution in [-0.4, -0.2) is 37.7 Å². The highest BCUT2D eigenvalue weighted by atomic mass is 79.9. The van der Waals surface area contributed by atoms with Crippen molar-refractivity contribution in [1.29, 1.82) is 0 Å². The second-order valence-corrected chi connectivity index (χ2v) is 7.66. The molecule has 0 spiro atoms. The van der Waals surface area contributed by atoms with Crippen LogP contribution in [0.3, 0.4) is 0 Å². The molecule has 1 atom stereocenters. The molecule has 1 fully saturated rings. The number of piperidine rings is 1. The number of nitrogens with zero attached hydrogens (tertiary/aromatic N) is 1. The highest BCUT2D eigenvalue weighted by Crippen LogP contribution is 2.17. The largest absolute Gasteiger partial charge is 0.279 e. The van der Waals surface area contributed by atoms with E-state index in [1.54, 1.807) is 4.31 Å². The molecule has 6 heteroatoms. The van der Waals surface area contributed by atoms with Crippen LogP contribution in [0.25, 0.3) is 0 Å². The summed E-state index contributed by atoms with van der Waals surface area (Å²) in [5.41, 5.74) is 0. The van der Waals surface area contributed by atoms with Crippen LogP contribution in [0.4, 0.5) is 0 Å². The van der Waals surface area contributed by atoms with Crippen LogP contribution >= 0.6 is 15.9 Å². The fraction of sp³-hybridized carbons (Fsp3) is 1.00. The first-order valence-electron chi connectivity index (χ1n) is 6.87. The molecule has 1 saturated heterocycles. The van der Waals surface area contributed by atoms with Crippen molar-refractivity contribution in [2.24, 2.45) is 5.92 Å². The lowest BCUT2D eigenvalue weighted by Gasteiger charge is -2.29. The Morgan fingerprint density at radius 2 is 2.00 bits per heavy atom. The summed E-state index contributed by atoms with van der Waals surface area (Å²) in [5, 5.41) is 1.03. The molecule has 1 unspecified atom stereocenters. The van der Waals surface area contributed by atoms with Crippen LogP contribution in [-0.2, 0) is 10.2 Å². The zero-order valence-electron chi connectivity index (χ0n) is 11.2. The molecule has 0 radical (unpaired) electrons. The van der Waals surface area contributed by atoms with Crippen molar-refractivity contribution >= 4 is 26.1 Å². The van der Waals surface area contributed by atoms with Crippen LogP contribution in [0.5, 0.6) is 0 Å². The minimum Gasteiger partial charge on any atom is -0.202 e. The molecule has 1 rings (SSSR count). The third-order valence-corrected chi connectivity index (χ3v) is 5.45. The van der Waals surface area contributed by atoms with Crippen molar-refractivity contribution in [3.8, 4) is 0 Å². The van der Waals surface area contributed by atoms with Gasteiger partial charge in [0.1, 0.15) is 0 Å². The molecule has 108 valence electrons. The van der Waals surface area contributed by atoms with Crippen molar-refractivity contribution in [3.05, 3.63) is 0 Å². The third kappa shape index (κ3) is 5.99. The molecular weight excluding hydrogens is 316 g/mol. The van der Waals surface area contributed by atoms with Gasteiger partial charge >= 0.3 is 0 Å². The van der Waals surface area contributed by atoms with Gasteiger partial charge in [-0.3, -0.25) is 0 Å². The lowest BCUT2D eigenvalue weighted by molar-refractivity contribution is 0.278. The highest BCUT2D eigenvalue weighted by molar-refractivity contribution is 9.09. The zero-order chi connectivity index (χ0) is 13.4. The summed E-state index contributed by atoms with van der Waals surface area (Å²) >= 11 is 3.39. The van der Waals surface area contributed by atoms with Crippen LogP contribution < -0.4 is 4.72 Å². The SMILES string of the molecule is CC1CCCN(S(=O)(=O)NCCCCCCBr)C1. The molecule has 0 saturated carbocycles. The van der Waals surface area contributed by atoms with Gasteiger partial charge < -0.3 is 0 Å². The number of alkyl halides is 1. The fourth-order valence-corrected chi connectivity index (χ4v) is 4.03. The minimum atomic E-state index is -3.23. The maximum atomic E-state index is 12.0. The van der Waals surface area contributed by atoms with Crippen molar-refractivity contribution < 1.29 is 8.42 Å². The fourth-order valence-electron chi connectivity index (χ4n) is 2.23. The maximum absolute atomic E-state index is 12.0. The average molecular weight is 341 g/mol. The van der Waals surface area contributed by atoms with Gasteiger partial charge in [-0.25, -0.2) is 4.72 Å². The zero-order valence-corrected chi connectivity index (χ0v) is 13.6. The Labute approximate surface area is 120 Å². The first kappa shape index (κ1) is 16.4. The van der Waals surface area contributed by atoms with Gasteiger partial charge in [0.15, 0.2) is 0 Å². The lowest BCUT2D eigenvalue weighted by Crippen LogP contribution is -2.45. The predicted octanol–water partition coefficient (Wildman–Crippen LogP) is 2.51. The van der Waals surface area contributed by atoms with Crippen LogP contribution in [0.1, 0.15) is 45.4 Å². The quantitative estimate of drug-likeness (QED) is 0.545. The van der Waals surface area contributed by atoms with Gasteiger partial charge in [-0.05, 0) is 31.6 Å². The van der Waals surface area contributed by atoms with E-state index in [0.29, 0.717) is 25.6 Å². The molecule has 1 N–H and O–H groups in total. The number of nitrogens with one attached hydrogen (secondary N) is 1. The highest BCUT2D eigenvalue weighted by Gasteiger charge is 2.26. The Morgan fingerprint density at radius 3 is 2.67 bits per heavy atom. The summed E-state index contributed by atoms with van der Waals surface area (Å²) in [6.07, 6.45) is 6.45. The van der Waals surface area contributed by atoms with Gasteiger partial charge in [0.05, 0.1) is 0 Å². The Kier molecular flexibility index (Phi) is 7.75. The topological polar surface area (TPSA) is 49.4 Å². The number of hydrogen-bond donors (Lipinski definition) is 1. The summed E-state index contributed by atoms with van der Waals surface area (Å²) < 4.78 is 28.4. The molecule has 18 heavy (non-hydrogen) atoms. The smallest absolute Gasteiger partial charge is 0.202 e. The normalized spacial score (nSPS) is 22.2. The second-order valence-electron chi connectivity index (χ2n) is 5.11. The van der Waals surface area contributed by atoms with E-state index in [4.69, 9.17) is 0 Å². The van der Waals surface area contributed by atoms with E-state index in [1.165, 1.54) is 0 Å². The molecule has 4 nitrogen and oxygen atoms in total. The Hall–Kier alpha value is 0.350. The number of halogens is 1. The molecule has 1 aliphatic rings. The van der Waals surface area contributed by atoms with Gasteiger partial charge in [-0.15, -0.1) is 0 Å². The van der Waals surface area contributed by atoms with E-state index >= 15 is 0 Å². The van der Waals surface area contributed by atoms with E-state index in [9.17, 15) is 8.42 Å². The summed E-state index contributed by atoms with van der Waals surface area (Å²) in [6, 6.07) is 0. The third-order valence-electron chi connectivity index (χ3n) is 3.30. The Morgan fingerprint density at radius 1 is 1.28 bits per heavy atom. The van der Waals surface area contributed by atoms with Crippen molar-refractivity contribution in [2.75, 3.05) is 25.0 Å². The van der Waals surface area contributed by atoms with E-state index in [1.807, 2.05) is 0 Å². The van der Waals surface area contributed by atoms with Gasteiger partial charge in [0.2, 0.25) is 0 Å². The van der Waals surface area contributed by atoms with E-state index in [-0.39, 0.29) is 0 Å². The lowest BCUT2D eigenvalue weighted by atomic mass is 10.0. The van der Waals surface area contributed by atoms with E-state index in [0.717, 1.165) is 43.9 Å². The second kappa shape index (κ2) is 8.51. The van der Waals surface area contributed by atoms with Gasteiger partial charge in [0, 0.05) is 25.0 Å². The molecule has 0 amide bonds. The van der Waals surface area contributed by atoms with Crippen molar-refractivity contribution in [2.45, 2.75) is 45.4 Å². The van der Waals surface area contributed by atoms with E-state index < -0.39 is 10.2 Å². The number of unbranched alkanes of at least 4 members (excludes halogenated alkanes) is 3. The molecule has 0 aromatic carbocycles. The molecule has 0 bridgehead atoms. The van der Waals surface area contributed by atoms with E-state index in [2.05, 4.69) is 27.6 Å². The Bertz CT molecular complexity index is 322. The molecule has 1 heterocycles. The van der Waals surface area contributed by atoms with Crippen LogP contribution in [0.15, 0.2) is 0 Å². The van der Waals surface area contributed by atoms with Crippen LogP contribution in [0, 0.1) is 5.92 Å². The number of rotatable bonds is 8. The summed E-state index contributed by atoms with van der Waals surface area (Å²) in [6.45, 7) is 4.01. The first-order chi connectivity index (χ1) is 8.56. The molecule has 0 aromatic rings. The number of hydrogen-bond acceptors (Lipinski definition) is 2. The summed E-state index contributed by atoms with van der Waals surface area (Å²) in [4.78, 5) is 0. The predicted molar refractivity (Wildman–Crippen MR) is 79.2 cm³/mol. The maximum Gasteiger partial charge on any atom is 0.279 e. The van der Waals surface area contributed by atoms with Gasteiger partial charge in [0.25, 0.3) is 10.2 Å². The standard InChI is InChI=1S/C12H25BrN2O2S/c1-12-7-6-10-15(11-12)18(16,17)14-9-5-3-2-4-8-13/h12,14H,2-11H2,1H3. The average Bonchev–Trinajstić information content (AvgIpc) is 2.33. The van der Waals surface area contributed by atoms with Gasteiger partial charge in [-0.2, -0.15) is 12.7 Å². The first-order valence-corrected chi connectivity index (χ1v) is 9.43. The van der Waals surface area contributed by atoms with Crippen molar-refractivity contribution in [1.82, 2.24) is 9.03 Å². The minimum absolute atomic E-state index is 0.481. The summed E-state index contributed by atoms with van der Waals surface area (Å²) in [5.74, 6) is 0.481. The molecule has 0 aromatic heterocycles. The monoisotopic (exact) mass is 340 g/mol.